The largest absolute Gasteiger partial charge is 0.370 e. The second kappa shape index (κ2) is 2.29. The summed E-state index contributed by atoms with van der Waals surface area (Å²) in [6, 6.07) is 0. The van der Waals surface area contributed by atoms with Crippen molar-refractivity contribution < 1.29 is 0 Å². The Morgan fingerprint density at radius 1 is 1.56 bits per heavy atom. The average Bonchev–Trinajstić information content (AvgIpc) is 2.15. The Hall–Kier alpha value is -0.660. The summed E-state index contributed by atoms with van der Waals surface area (Å²) in [5.74, 6) is 0. The number of hydrogen-bond acceptors (Lipinski definition) is 2. The number of hydrogen-bond donors (Lipinski definition) is 1. The van der Waals surface area contributed by atoms with Gasteiger partial charge in [0.2, 0.25) is 0 Å². The molecular weight excluding hydrogens is 112 g/mol. The molecule has 0 saturated carbocycles. The van der Waals surface area contributed by atoms with E-state index in [9.17, 15) is 0 Å². The van der Waals surface area contributed by atoms with Crippen LogP contribution < -0.4 is 5.32 Å². The van der Waals surface area contributed by atoms with Crippen LogP contribution in [0.15, 0.2) is 11.4 Å². The minimum atomic E-state index is 0.994. The fourth-order valence-electron chi connectivity index (χ4n) is 1.05. The van der Waals surface area contributed by atoms with E-state index < -0.39 is 0 Å². The molecule has 9 heavy (non-hydrogen) atoms. The molecule has 0 aromatic carbocycles. The van der Waals surface area contributed by atoms with Crippen LogP contribution in [0.2, 0.25) is 0 Å². The van der Waals surface area contributed by atoms with E-state index in [0.717, 1.165) is 13.2 Å². The summed E-state index contributed by atoms with van der Waals surface area (Å²) in [6.07, 6.45) is 0. The maximum absolute atomic E-state index is 3.28. The van der Waals surface area contributed by atoms with Crippen molar-refractivity contribution in [2.45, 2.75) is 20.8 Å². The molecule has 52 valence electrons. The van der Waals surface area contributed by atoms with Gasteiger partial charge in [-0.2, -0.15) is 0 Å². The highest BCUT2D eigenvalue weighted by Gasteiger charge is 2.11. The molecule has 0 radical (unpaired) electrons. The molecule has 0 spiro atoms. The molecule has 0 aromatic rings. The summed E-state index contributed by atoms with van der Waals surface area (Å²) < 4.78 is 0. The van der Waals surface area contributed by atoms with E-state index in [1.165, 1.54) is 11.4 Å². The third kappa shape index (κ3) is 1.02. The number of nitrogens with zero attached hydrogens (tertiary/aromatic N) is 1. The molecule has 0 atom stereocenters. The molecule has 0 unspecified atom stereocenters. The summed E-state index contributed by atoms with van der Waals surface area (Å²) in [4.78, 5) is 2.31. The van der Waals surface area contributed by atoms with E-state index in [1.54, 1.807) is 0 Å². The first kappa shape index (κ1) is 6.46. The number of rotatable bonds is 1. The molecule has 0 aromatic heterocycles. The summed E-state index contributed by atoms with van der Waals surface area (Å²) in [7, 11) is 0. The second-order valence-corrected chi connectivity index (χ2v) is 2.40. The van der Waals surface area contributed by atoms with Gasteiger partial charge in [-0.1, -0.05) is 0 Å². The van der Waals surface area contributed by atoms with Gasteiger partial charge in [0.05, 0.1) is 6.67 Å². The zero-order valence-electron chi connectivity index (χ0n) is 6.36. The van der Waals surface area contributed by atoms with Crippen molar-refractivity contribution in [3.05, 3.63) is 11.4 Å². The monoisotopic (exact) mass is 126 g/mol. The first-order valence-electron chi connectivity index (χ1n) is 3.42. The summed E-state index contributed by atoms with van der Waals surface area (Å²) in [6.45, 7) is 8.54. The zero-order valence-corrected chi connectivity index (χ0v) is 6.36. The summed E-state index contributed by atoms with van der Waals surface area (Å²) in [5.41, 5.74) is 2.70. The molecule has 0 bridgehead atoms. The molecule has 1 rings (SSSR count). The Balaban J connectivity index is 2.63. The zero-order chi connectivity index (χ0) is 6.85. The first-order chi connectivity index (χ1) is 4.25. The normalized spacial score (nSPS) is 18.8. The molecule has 1 aliphatic heterocycles. The molecular formula is C7H14N2. The highest BCUT2D eigenvalue weighted by Crippen LogP contribution is 2.11. The van der Waals surface area contributed by atoms with Crippen molar-refractivity contribution in [3.8, 4) is 0 Å². The fraction of sp³-hybridized carbons (Fsp3) is 0.714. The van der Waals surface area contributed by atoms with Crippen LogP contribution in [0.3, 0.4) is 0 Å². The fourth-order valence-corrected chi connectivity index (χ4v) is 1.05. The van der Waals surface area contributed by atoms with Crippen LogP contribution >= 0.6 is 0 Å². The Kier molecular flexibility index (Phi) is 1.65. The van der Waals surface area contributed by atoms with Crippen molar-refractivity contribution in [3.63, 3.8) is 0 Å². The van der Waals surface area contributed by atoms with Crippen molar-refractivity contribution >= 4 is 0 Å². The van der Waals surface area contributed by atoms with Gasteiger partial charge in [-0.25, -0.2) is 0 Å². The van der Waals surface area contributed by atoms with E-state index in [4.69, 9.17) is 0 Å². The van der Waals surface area contributed by atoms with E-state index >= 15 is 0 Å². The van der Waals surface area contributed by atoms with E-state index in [0.29, 0.717) is 0 Å². The van der Waals surface area contributed by atoms with Gasteiger partial charge in [0, 0.05) is 17.9 Å². The molecule has 1 aliphatic rings. The van der Waals surface area contributed by atoms with Crippen molar-refractivity contribution in [1.29, 1.82) is 0 Å². The van der Waals surface area contributed by atoms with Crippen LogP contribution in [0.25, 0.3) is 0 Å². The van der Waals surface area contributed by atoms with Gasteiger partial charge in [-0.15, -0.1) is 0 Å². The molecule has 2 heteroatoms. The minimum Gasteiger partial charge on any atom is -0.370 e. The lowest BCUT2D eigenvalue weighted by Gasteiger charge is -2.14. The Morgan fingerprint density at radius 3 is 2.44 bits per heavy atom. The lowest BCUT2D eigenvalue weighted by atomic mass is 10.4. The summed E-state index contributed by atoms with van der Waals surface area (Å²) in [5, 5.41) is 3.28. The van der Waals surface area contributed by atoms with Crippen LogP contribution in [0, 0.1) is 0 Å². The second-order valence-electron chi connectivity index (χ2n) is 2.40. The lowest BCUT2D eigenvalue weighted by Crippen LogP contribution is -2.22. The number of nitrogens with one attached hydrogen (secondary N) is 1. The standard InChI is InChI=1S/C7H14N2/c1-4-9-5-8-6(2)7(9)3/h8H,4-5H2,1-3H3. The van der Waals surface area contributed by atoms with Gasteiger partial charge in [-0.05, 0) is 20.8 Å². The minimum absolute atomic E-state index is 0.994. The quantitative estimate of drug-likeness (QED) is 0.566. The Morgan fingerprint density at radius 2 is 2.22 bits per heavy atom. The third-order valence-corrected chi connectivity index (χ3v) is 1.93. The van der Waals surface area contributed by atoms with Crippen LogP contribution in [0.1, 0.15) is 20.8 Å². The molecule has 1 N–H and O–H groups in total. The smallest absolute Gasteiger partial charge is 0.0871 e. The topological polar surface area (TPSA) is 15.3 Å². The maximum atomic E-state index is 3.28. The van der Waals surface area contributed by atoms with Gasteiger partial charge in [0.15, 0.2) is 0 Å². The lowest BCUT2D eigenvalue weighted by molar-refractivity contribution is 0.384. The molecule has 2 nitrogen and oxygen atoms in total. The van der Waals surface area contributed by atoms with Crippen LogP contribution in [-0.2, 0) is 0 Å². The summed E-state index contributed by atoms with van der Waals surface area (Å²) >= 11 is 0. The SMILES string of the molecule is CCN1CNC(C)=C1C. The Bertz CT molecular complexity index is 138. The van der Waals surface area contributed by atoms with Gasteiger partial charge in [-0.3, -0.25) is 0 Å². The van der Waals surface area contributed by atoms with Crippen LogP contribution in [-0.4, -0.2) is 18.1 Å². The third-order valence-electron chi connectivity index (χ3n) is 1.93. The van der Waals surface area contributed by atoms with Gasteiger partial charge < -0.3 is 10.2 Å². The van der Waals surface area contributed by atoms with E-state index in [2.05, 4.69) is 31.0 Å². The molecule has 1 heterocycles. The van der Waals surface area contributed by atoms with E-state index in [-0.39, 0.29) is 0 Å². The molecule has 0 saturated heterocycles. The van der Waals surface area contributed by atoms with Crippen LogP contribution in [0.4, 0.5) is 0 Å². The Labute approximate surface area is 56.5 Å². The van der Waals surface area contributed by atoms with Crippen LogP contribution in [0.5, 0.6) is 0 Å². The van der Waals surface area contributed by atoms with Gasteiger partial charge >= 0.3 is 0 Å². The van der Waals surface area contributed by atoms with Crippen molar-refractivity contribution in [2.75, 3.05) is 13.2 Å². The molecule has 0 amide bonds. The van der Waals surface area contributed by atoms with Crippen molar-refractivity contribution in [2.24, 2.45) is 0 Å². The van der Waals surface area contributed by atoms with Crippen molar-refractivity contribution in [1.82, 2.24) is 10.2 Å². The first-order valence-corrected chi connectivity index (χ1v) is 3.42. The maximum Gasteiger partial charge on any atom is 0.0871 e. The predicted octanol–water partition coefficient (Wildman–Crippen LogP) is 1.12. The van der Waals surface area contributed by atoms with Gasteiger partial charge in [0.1, 0.15) is 0 Å². The average molecular weight is 126 g/mol. The highest BCUT2D eigenvalue weighted by molar-refractivity contribution is 5.11. The van der Waals surface area contributed by atoms with E-state index in [1.807, 2.05) is 0 Å². The highest BCUT2D eigenvalue weighted by atomic mass is 15.3. The number of allylic oxidation sites excluding steroid dienone is 2. The molecule has 0 fully saturated rings. The van der Waals surface area contributed by atoms with Gasteiger partial charge in [0.25, 0.3) is 0 Å². The predicted molar refractivity (Wildman–Crippen MR) is 38.8 cm³/mol. The molecule has 0 aliphatic carbocycles.